The van der Waals surface area contributed by atoms with E-state index < -0.39 is 0 Å². The summed E-state index contributed by atoms with van der Waals surface area (Å²) in [7, 11) is 0. The summed E-state index contributed by atoms with van der Waals surface area (Å²) in [6, 6.07) is 0.375. The molecule has 0 aromatic carbocycles. The van der Waals surface area contributed by atoms with E-state index in [-0.39, 0.29) is 0 Å². The van der Waals surface area contributed by atoms with Crippen molar-refractivity contribution in [2.75, 3.05) is 0 Å². The summed E-state index contributed by atoms with van der Waals surface area (Å²) < 4.78 is 0.359. The van der Waals surface area contributed by atoms with Crippen molar-refractivity contribution >= 4 is 12.6 Å². The molecule has 0 spiro atoms. The van der Waals surface area contributed by atoms with E-state index >= 15 is 0 Å². The maximum Gasteiger partial charge on any atom is 0.0141 e. The van der Waals surface area contributed by atoms with Gasteiger partial charge in [-0.15, -0.1) is 0 Å². The number of nitrogens with two attached hydrogens (primary N) is 1. The monoisotopic (exact) mass is 211 g/mol. The molecule has 0 aromatic heterocycles. The zero-order chi connectivity index (χ0) is 9.97. The Hall–Kier alpha value is 0.310. The predicted molar refractivity (Wildman–Crippen MR) is 62.5 cm³/mol. The Bertz CT molecular complexity index is 247. The zero-order valence-electron chi connectivity index (χ0n) is 9.00. The lowest BCUT2D eigenvalue weighted by Gasteiger charge is -2.62. The van der Waals surface area contributed by atoms with Crippen molar-refractivity contribution in [2.24, 2.45) is 23.0 Å². The lowest BCUT2D eigenvalue weighted by atomic mass is 9.47. The highest BCUT2D eigenvalue weighted by Crippen LogP contribution is 2.64. The minimum Gasteiger partial charge on any atom is -0.327 e. The van der Waals surface area contributed by atoms with Gasteiger partial charge in [-0.05, 0) is 62.7 Å². The fourth-order valence-corrected chi connectivity index (χ4v) is 5.65. The zero-order valence-corrected chi connectivity index (χ0v) is 9.89. The Balaban J connectivity index is 1.96. The molecule has 4 bridgehead atoms. The standard InChI is InChI=1S/C12H21NS/c1-8(13)11-3-9-2-10(4-11)6-12(14,5-9)7-11/h8-10,14H,2-7,13H2,1H3/t8-,9-,10+,11?,12?/m0/s1. The quantitative estimate of drug-likeness (QED) is 0.641. The topological polar surface area (TPSA) is 26.0 Å². The van der Waals surface area contributed by atoms with Crippen LogP contribution in [0.5, 0.6) is 0 Å². The van der Waals surface area contributed by atoms with Gasteiger partial charge in [0.1, 0.15) is 0 Å². The SMILES string of the molecule is C[C@H](N)C12C[C@@H]3C[C@@H](CC(S)(C3)C1)C2. The lowest BCUT2D eigenvalue weighted by molar-refractivity contribution is -0.0486. The van der Waals surface area contributed by atoms with Crippen LogP contribution in [0.2, 0.25) is 0 Å². The number of rotatable bonds is 1. The first-order chi connectivity index (χ1) is 6.51. The molecule has 4 saturated carbocycles. The maximum atomic E-state index is 6.22. The molecule has 5 atom stereocenters. The largest absolute Gasteiger partial charge is 0.327 e. The van der Waals surface area contributed by atoms with Crippen molar-refractivity contribution in [3.05, 3.63) is 0 Å². The van der Waals surface area contributed by atoms with Crippen molar-refractivity contribution in [1.82, 2.24) is 0 Å². The Morgan fingerprint density at radius 1 is 1.21 bits per heavy atom. The molecule has 1 nitrogen and oxygen atoms in total. The second-order valence-corrected chi connectivity index (χ2v) is 7.29. The second kappa shape index (κ2) is 2.70. The minimum absolute atomic E-state index is 0.359. The van der Waals surface area contributed by atoms with Crippen molar-refractivity contribution < 1.29 is 0 Å². The van der Waals surface area contributed by atoms with Gasteiger partial charge in [0.15, 0.2) is 0 Å². The van der Waals surface area contributed by atoms with Gasteiger partial charge in [0.25, 0.3) is 0 Å². The van der Waals surface area contributed by atoms with Crippen LogP contribution in [-0.4, -0.2) is 10.8 Å². The lowest BCUT2D eigenvalue weighted by Crippen LogP contribution is -2.58. The van der Waals surface area contributed by atoms with Crippen LogP contribution in [-0.2, 0) is 0 Å². The molecule has 0 heterocycles. The summed E-state index contributed by atoms with van der Waals surface area (Å²) in [5, 5.41) is 0. The van der Waals surface area contributed by atoms with Gasteiger partial charge in [-0.3, -0.25) is 0 Å². The number of hydrogen-bond donors (Lipinski definition) is 2. The molecule has 4 rings (SSSR count). The minimum atomic E-state index is 0.359. The van der Waals surface area contributed by atoms with Gasteiger partial charge in [0.2, 0.25) is 0 Å². The van der Waals surface area contributed by atoms with Crippen LogP contribution in [0.15, 0.2) is 0 Å². The van der Waals surface area contributed by atoms with E-state index in [9.17, 15) is 0 Å². The van der Waals surface area contributed by atoms with Gasteiger partial charge in [-0.2, -0.15) is 12.6 Å². The third-order valence-corrected chi connectivity index (χ3v) is 5.56. The van der Waals surface area contributed by atoms with Crippen molar-refractivity contribution in [3.63, 3.8) is 0 Å². The molecule has 2 unspecified atom stereocenters. The molecule has 2 heteroatoms. The fourth-order valence-electron chi connectivity index (χ4n) is 4.82. The summed E-state index contributed by atoms with van der Waals surface area (Å²) in [6.07, 6.45) is 8.26. The maximum absolute atomic E-state index is 6.22. The van der Waals surface area contributed by atoms with Gasteiger partial charge >= 0.3 is 0 Å². The van der Waals surface area contributed by atoms with E-state index in [1.165, 1.54) is 38.5 Å². The summed E-state index contributed by atoms with van der Waals surface area (Å²) in [6.45, 7) is 2.21. The molecule has 14 heavy (non-hydrogen) atoms. The van der Waals surface area contributed by atoms with E-state index in [2.05, 4.69) is 6.92 Å². The molecule has 0 saturated heterocycles. The Morgan fingerprint density at radius 3 is 2.21 bits per heavy atom. The van der Waals surface area contributed by atoms with Gasteiger partial charge in [0, 0.05) is 10.8 Å². The first kappa shape index (κ1) is 9.53. The summed E-state index contributed by atoms with van der Waals surface area (Å²) in [4.78, 5) is 0. The van der Waals surface area contributed by atoms with Gasteiger partial charge < -0.3 is 5.73 Å². The van der Waals surface area contributed by atoms with Crippen LogP contribution in [0.25, 0.3) is 0 Å². The van der Waals surface area contributed by atoms with Crippen molar-refractivity contribution in [2.45, 2.75) is 56.2 Å². The summed E-state index contributed by atoms with van der Waals surface area (Å²) in [5.41, 5.74) is 6.68. The fraction of sp³-hybridized carbons (Fsp3) is 1.00. The summed E-state index contributed by atoms with van der Waals surface area (Å²) >= 11 is 4.94. The smallest absolute Gasteiger partial charge is 0.0141 e. The average Bonchev–Trinajstić information content (AvgIpc) is 1.98. The third-order valence-electron chi connectivity index (χ3n) is 5.04. The van der Waals surface area contributed by atoms with Gasteiger partial charge in [-0.1, -0.05) is 0 Å². The Labute approximate surface area is 92.2 Å². The molecule has 2 N–H and O–H groups in total. The number of hydrogen-bond acceptors (Lipinski definition) is 2. The molecule has 4 fully saturated rings. The van der Waals surface area contributed by atoms with Crippen LogP contribution < -0.4 is 5.73 Å². The second-order valence-electron chi connectivity index (χ2n) is 6.34. The highest BCUT2D eigenvalue weighted by Gasteiger charge is 2.57. The average molecular weight is 211 g/mol. The first-order valence-corrected chi connectivity index (χ1v) is 6.44. The molecular formula is C12H21NS. The van der Waals surface area contributed by atoms with Crippen molar-refractivity contribution in [1.29, 1.82) is 0 Å². The molecule has 0 aromatic rings. The highest BCUT2D eigenvalue weighted by atomic mass is 32.1. The van der Waals surface area contributed by atoms with Crippen LogP contribution >= 0.6 is 12.6 Å². The molecule has 0 amide bonds. The molecule has 80 valence electrons. The highest BCUT2D eigenvalue weighted by molar-refractivity contribution is 7.81. The van der Waals surface area contributed by atoms with E-state index in [1.54, 1.807) is 0 Å². The third kappa shape index (κ3) is 1.19. The predicted octanol–water partition coefficient (Wildman–Crippen LogP) is 2.60. The van der Waals surface area contributed by atoms with Crippen LogP contribution in [0.3, 0.4) is 0 Å². The van der Waals surface area contributed by atoms with E-state index in [0.29, 0.717) is 16.2 Å². The van der Waals surface area contributed by atoms with Gasteiger partial charge in [0.05, 0.1) is 0 Å². The number of thiol groups is 1. The van der Waals surface area contributed by atoms with Crippen LogP contribution in [0, 0.1) is 17.3 Å². The molecular weight excluding hydrogens is 190 g/mol. The Kier molecular flexibility index (Phi) is 1.84. The van der Waals surface area contributed by atoms with Crippen LogP contribution in [0.1, 0.15) is 45.4 Å². The molecule has 4 aliphatic carbocycles. The molecule has 0 aliphatic heterocycles. The van der Waals surface area contributed by atoms with Crippen LogP contribution in [0.4, 0.5) is 0 Å². The molecule has 0 radical (unpaired) electrons. The van der Waals surface area contributed by atoms with E-state index in [0.717, 1.165) is 11.8 Å². The summed E-state index contributed by atoms with van der Waals surface area (Å²) in [5.74, 6) is 1.89. The van der Waals surface area contributed by atoms with E-state index in [1.807, 2.05) is 0 Å². The Morgan fingerprint density at radius 2 is 1.79 bits per heavy atom. The van der Waals surface area contributed by atoms with Crippen molar-refractivity contribution in [3.8, 4) is 0 Å². The van der Waals surface area contributed by atoms with Gasteiger partial charge in [-0.25, -0.2) is 0 Å². The first-order valence-electron chi connectivity index (χ1n) is 5.99. The molecule has 4 aliphatic rings. The van der Waals surface area contributed by atoms with E-state index in [4.69, 9.17) is 18.4 Å². The normalized spacial score (nSPS) is 57.6.